The van der Waals surface area contributed by atoms with Gasteiger partial charge in [-0.3, -0.25) is 14.2 Å². The molecular formula is C16H23N3O2S. The standard InChI is InChI=1S/C16H23N3O2S/c1-5-7-8-18(4)14(20)10-19-11(3)17-15-13(16(19)21)9-12(6-2)22-15/h9H,5-8,10H2,1-4H3. The molecule has 0 aliphatic heterocycles. The number of aromatic nitrogens is 2. The molecule has 6 heteroatoms. The highest BCUT2D eigenvalue weighted by Gasteiger charge is 2.15. The number of carbonyl (C=O) groups is 1. The molecule has 0 atom stereocenters. The maximum absolute atomic E-state index is 12.6. The van der Waals surface area contributed by atoms with Gasteiger partial charge < -0.3 is 4.90 Å². The van der Waals surface area contributed by atoms with Gasteiger partial charge in [-0.25, -0.2) is 4.98 Å². The number of nitrogens with zero attached hydrogens (tertiary/aromatic N) is 3. The molecule has 0 aliphatic rings. The molecule has 2 aromatic rings. The summed E-state index contributed by atoms with van der Waals surface area (Å²) in [6, 6.07) is 1.90. The second-order valence-electron chi connectivity index (χ2n) is 5.50. The second kappa shape index (κ2) is 7.05. The summed E-state index contributed by atoms with van der Waals surface area (Å²) < 4.78 is 1.49. The van der Waals surface area contributed by atoms with E-state index >= 15 is 0 Å². The van der Waals surface area contributed by atoms with Gasteiger partial charge in [-0.05, 0) is 25.8 Å². The van der Waals surface area contributed by atoms with E-state index in [1.165, 1.54) is 4.57 Å². The van der Waals surface area contributed by atoms with Crippen LogP contribution in [-0.4, -0.2) is 34.0 Å². The summed E-state index contributed by atoms with van der Waals surface area (Å²) in [6.45, 7) is 6.71. The maximum Gasteiger partial charge on any atom is 0.262 e. The lowest BCUT2D eigenvalue weighted by Gasteiger charge is -2.18. The number of likely N-dealkylation sites (N-methyl/N-ethyl adjacent to an activating group) is 1. The summed E-state index contributed by atoms with van der Waals surface area (Å²) in [5.41, 5.74) is -0.115. The molecule has 0 fully saturated rings. The predicted molar refractivity (Wildman–Crippen MR) is 90.5 cm³/mol. The van der Waals surface area contributed by atoms with Crippen molar-refractivity contribution in [1.29, 1.82) is 0 Å². The van der Waals surface area contributed by atoms with Gasteiger partial charge in [-0.1, -0.05) is 20.3 Å². The second-order valence-corrected chi connectivity index (χ2v) is 6.62. The number of aryl methyl sites for hydroxylation is 2. The van der Waals surface area contributed by atoms with Crippen molar-refractivity contribution in [1.82, 2.24) is 14.5 Å². The molecule has 2 heterocycles. The number of hydrogen-bond donors (Lipinski definition) is 0. The molecule has 0 radical (unpaired) electrons. The smallest absolute Gasteiger partial charge is 0.262 e. The van der Waals surface area contributed by atoms with Crippen LogP contribution in [0.1, 0.15) is 37.4 Å². The monoisotopic (exact) mass is 321 g/mol. The van der Waals surface area contributed by atoms with Crippen LogP contribution in [0.25, 0.3) is 10.2 Å². The predicted octanol–water partition coefficient (Wildman–Crippen LogP) is 2.59. The van der Waals surface area contributed by atoms with E-state index in [0.29, 0.717) is 11.2 Å². The van der Waals surface area contributed by atoms with E-state index in [1.54, 1.807) is 30.2 Å². The summed E-state index contributed by atoms with van der Waals surface area (Å²) in [5, 5.41) is 0.622. The molecule has 0 unspecified atom stereocenters. The van der Waals surface area contributed by atoms with E-state index in [1.807, 2.05) is 6.07 Å². The number of hydrogen-bond acceptors (Lipinski definition) is 4. The largest absolute Gasteiger partial charge is 0.344 e. The molecule has 2 aromatic heterocycles. The van der Waals surface area contributed by atoms with E-state index in [4.69, 9.17) is 0 Å². The SMILES string of the molecule is CCCCN(C)C(=O)Cn1c(C)nc2sc(CC)cc2c1=O. The number of fused-ring (bicyclic) bond motifs is 1. The van der Waals surface area contributed by atoms with Crippen molar-refractivity contribution >= 4 is 27.5 Å². The number of unbranched alkanes of at least 4 members (excludes halogenated alkanes) is 1. The van der Waals surface area contributed by atoms with Crippen molar-refractivity contribution in [3.05, 3.63) is 27.1 Å². The fourth-order valence-corrected chi connectivity index (χ4v) is 3.31. The van der Waals surface area contributed by atoms with Crippen LogP contribution < -0.4 is 5.56 Å². The Kier molecular flexibility index (Phi) is 5.34. The number of amides is 1. The molecular weight excluding hydrogens is 298 g/mol. The Hall–Kier alpha value is -1.69. The van der Waals surface area contributed by atoms with Crippen molar-refractivity contribution in [2.45, 2.75) is 46.6 Å². The fourth-order valence-electron chi connectivity index (χ4n) is 2.30. The molecule has 2 rings (SSSR count). The minimum Gasteiger partial charge on any atom is -0.344 e. The van der Waals surface area contributed by atoms with E-state index in [9.17, 15) is 9.59 Å². The highest BCUT2D eigenvalue weighted by Crippen LogP contribution is 2.21. The van der Waals surface area contributed by atoms with Gasteiger partial charge in [-0.15, -0.1) is 11.3 Å². The van der Waals surface area contributed by atoms with Crippen molar-refractivity contribution in [2.24, 2.45) is 0 Å². The summed E-state index contributed by atoms with van der Waals surface area (Å²) in [6.07, 6.45) is 2.90. The Labute approximate surface area is 134 Å². The summed E-state index contributed by atoms with van der Waals surface area (Å²) in [4.78, 5) is 33.0. The van der Waals surface area contributed by atoms with E-state index < -0.39 is 0 Å². The molecule has 0 bridgehead atoms. The van der Waals surface area contributed by atoms with Crippen LogP contribution in [0.15, 0.2) is 10.9 Å². The maximum atomic E-state index is 12.6. The first-order valence-electron chi connectivity index (χ1n) is 7.71. The third-order valence-corrected chi connectivity index (χ3v) is 4.98. The minimum absolute atomic E-state index is 0.0502. The molecule has 0 aliphatic carbocycles. The van der Waals surface area contributed by atoms with Crippen LogP contribution in [0, 0.1) is 6.92 Å². The molecule has 0 N–H and O–H groups in total. The van der Waals surface area contributed by atoms with E-state index in [2.05, 4.69) is 18.8 Å². The lowest BCUT2D eigenvalue weighted by atomic mass is 10.3. The molecule has 0 saturated heterocycles. The zero-order chi connectivity index (χ0) is 16.3. The summed E-state index contributed by atoms with van der Waals surface area (Å²) >= 11 is 1.55. The van der Waals surface area contributed by atoms with Crippen molar-refractivity contribution in [3.8, 4) is 0 Å². The molecule has 5 nitrogen and oxygen atoms in total. The topological polar surface area (TPSA) is 55.2 Å². The minimum atomic E-state index is -0.115. The Morgan fingerprint density at radius 1 is 1.41 bits per heavy atom. The van der Waals surface area contributed by atoms with Crippen molar-refractivity contribution < 1.29 is 4.79 Å². The number of rotatable bonds is 6. The van der Waals surface area contributed by atoms with Gasteiger partial charge in [0.15, 0.2) is 0 Å². The molecule has 22 heavy (non-hydrogen) atoms. The Morgan fingerprint density at radius 3 is 2.77 bits per heavy atom. The van der Waals surface area contributed by atoms with Crippen LogP contribution in [0.3, 0.4) is 0 Å². The van der Waals surface area contributed by atoms with Gasteiger partial charge in [0.05, 0.1) is 5.39 Å². The van der Waals surface area contributed by atoms with Crippen LogP contribution in [0.4, 0.5) is 0 Å². The van der Waals surface area contributed by atoms with Gasteiger partial charge in [0.1, 0.15) is 17.2 Å². The first-order chi connectivity index (χ1) is 10.5. The molecule has 0 aromatic carbocycles. The van der Waals surface area contributed by atoms with Gasteiger partial charge >= 0.3 is 0 Å². The van der Waals surface area contributed by atoms with Crippen LogP contribution in [0.5, 0.6) is 0 Å². The average molecular weight is 321 g/mol. The number of carbonyl (C=O) groups excluding carboxylic acids is 1. The summed E-state index contributed by atoms with van der Waals surface area (Å²) in [5.74, 6) is 0.546. The van der Waals surface area contributed by atoms with Crippen LogP contribution in [-0.2, 0) is 17.8 Å². The third kappa shape index (κ3) is 3.38. The van der Waals surface area contributed by atoms with Gasteiger partial charge in [0.2, 0.25) is 5.91 Å². The first-order valence-corrected chi connectivity index (χ1v) is 8.53. The van der Waals surface area contributed by atoms with Crippen LogP contribution in [0.2, 0.25) is 0 Å². The Bertz CT molecular complexity index is 733. The van der Waals surface area contributed by atoms with E-state index in [-0.39, 0.29) is 18.0 Å². The lowest BCUT2D eigenvalue weighted by molar-refractivity contribution is -0.130. The average Bonchev–Trinajstić information content (AvgIpc) is 2.91. The Morgan fingerprint density at radius 2 is 2.14 bits per heavy atom. The van der Waals surface area contributed by atoms with Gasteiger partial charge in [0, 0.05) is 18.5 Å². The Balaban J connectivity index is 2.31. The lowest BCUT2D eigenvalue weighted by Crippen LogP contribution is -2.35. The van der Waals surface area contributed by atoms with Gasteiger partial charge in [0.25, 0.3) is 5.56 Å². The zero-order valence-corrected chi connectivity index (χ0v) is 14.5. The molecule has 1 amide bonds. The van der Waals surface area contributed by atoms with Crippen LogP contribution >= 0.6 is 11.3 Å². The van der Waals surface area contributed by atoms with E-state index in [0.717, 1.165) is 35.5 Å². The van der Waals surface area contributed by atoms with Crippen molar-refractivity contribution in [2.75, 3.05) is 13.6 Å². The van der Waals surface area contributed by atoms with Gasteiger partial charge in [-0.2, -0.15) is 0 Å². The fraction of sp³-hybridized carbons (Fsp3) is 0.562. The number of thiophene rings is 1. The quantitative estimate of drug-likeness (QED) is 0.822. The van der Waals surface area contributed by atoms with Crippen molar-refractivity contribution in [3.63, 3.8) is 0 Å². The zero-order valence-electron chi connectivity index (χ0n) is 13.7. The molecule has 0 saturated carbocycles. The highest BCUT2D eigenvalue weighted by molar-refractivity contribution is 7.18. The third-order valence-electron chi connectivity index (χ3n) is 3.81. The first kappa shape index (κ1) is 16.7. The normalized spacial score (nSPS) is 11.1. The molecule has 120 valence electrons. The highest BCUT2D eigenvalue weighted by atomic mass is 32.1. The summed E-state index contributed by atoms with van der Waals surface area (Å²) in [7, 11) is 1.78. The molecule has 0 spiro atoms.